The third-order valence-electron chi connectivity index (χ3n) is 3.07. The Labute approximate surface area is 158 Å². The third-order valence-corrected chi connectivity index (χ3v) is 4.31. The summed E-state index contributed by atoms with van der Waals surface area (Å²) in [5, 5.41) is 11.4. The van der Waals surface area contributed by atoms with Gasteiger partial charge in [0.15, 0.2) is 11.8 Å². The van der Waals surface area contributed by atoms with Crippen molar-refractivity contribution in [2.75, 3.05) is 5.32 Å². The molecule has 1 amide bonds. The summed E-state index contributed by atoms with van der Waals surface area (Å²) < 4.78 is 5.04. The van der Waals surface area contributed by atoms with Crippen LogP contribution >= 0.6 is 34.8 Å². The van der Waals surface area contributed by atoms with Crippen LogP contribution in [0, 0.1) is 11.3 Å². The molecule has 1 atom stereocenters. The van der Waals surface area contributed by atoms with Crippen molar-refractivity contribution in [3.8, 4) is 6.07 Å². The molecule has 25 heavy (non-hydrogen) atoms. The van der Waals surface area contributed by atoms with E-state index >= 15 is 0 Å². The molecule has 2 aromatic rings. The summed E-state index contributed by atoms with van der Waals surface area (Å²) >= 11 is 17.5. The lowest BCUT2D eigenvalue weighted by Gasteiger charge is -2.14. The number of pyridine rings is 1. The van der Waals surface area contributed by atoms with E-state index in [1.54, 1.807) is 24.3 Å². The minimum Gasteiger partial charge on any atom is -0.448 e. The Balaban J connectivity index is 2.10. The lowest BCUT2D eigenvalue weighted by atomic mass is 10.2. The van der Waals surface area contributed by atoms with Gasteiger partial charge in [-0.15, -0.1) is 0 Å². The standard InChI is InChI=1S/C16H10Cl3N3O3/c1-8(15(23)22-11-5-3-2-4-9(11)6-20)25-16(24)14-13(19)12(18)10(17)7-21-14/h2-5,7-8H,1H3,(H,22,23)/t8-/m1/s1. The maximum atomic E-state index is 12.2. The molecule has 0 radical (unpaired) electrons. The van der Waals surface area contributed by atoms with E-state index in [1.807, 2.05) is 6.07 Å². The van der Waals surface area contributed by atoms with E-state index in [-0.39, 0.29) is 26.3 Å². The number of esters is 1. The van der Waals surface area contributed by atoms with E-state index in [1.165, 1.54) is 6.92 Å². The normalized spacial score (nSPS) is 11.3. The first-order valence-electron chi connectivity index (χ1n) is 6.85. The number of nitrogens with zero attached hydrogens (tertiary/aromatic N) is 2. The second-order valence-electron chi connectivity index (χ2n) is 4.78. The van der Waals surface area contributed by atoms with Crippen LogP contribution in [0.5, 0.6) is 0 Å². The molecule has 0 aliphatic heterocycles. The van der Waals surface area contributed by atoms with Gasteiger partial charge in [-0.2, -0.15) is 5.26 Å². The number of ether oxygens (including phenoxy) is 1. The zero-order valence-electron chi connectivity index (χ0n) is 12.7. The molecule has 0 fully saturated rings. The summed E-state index contributed by atoms with van der Waals surface area (Å²) in [6, 6.07) is 8.38. The smallest absolute Gasteiger partial charge is 0.359 e. The number of hydrogen-bond donors (Lipinski definition) is 1. The number of nitrogens with one attached hydrogen (secondary N) is 1. The molecule has 0 saturated heterocycles. The number of hydrogen-bond acceptors (Lipinski definition) is 5. The molecule has 0 aliphatic carbocycles. The van der Waals surface area contributed by atoms with Crippen LogP contribution in [0.4, 0.5) is 5.69 Å². The van der Waals surface area contributed by atoms with Gasteiger partial charge < -0.3 is 10.1 Å². The topological polar surface area (TPSA) is 92.1 Å². The van der Waals surface area contributed by atoms with Crippen molar-refractivity contribution in [1.82, 2.24) is 4.98 Å². The zero-order chi connectivity index (χ0) is 18.6. The van der Waals surface area contributed by atoms with E-state index in [0.717, 1.165) is 6.20 Å². The number of nitriles is 1. The number of aromatic nitrogens is 1. The van der Waals surface area contributed by atoms with Gasteiger partial charge in [-0.05, 0) is 19.1 Å². The van der Waals surface area contributed by atoms with E-state index in [2.05, 4.69) is 10.3 Å². The maximum Gasteiger partial charge on any atom is 0.359 e. The van der Waals surface area contributed by atoms with Gasteiger partial charge in [0.2, 0.25) is 0 Å². The van der Waals surface area contributed by atoms with Gasteiger partial charge >= 0.3 is 5.97 Å². The minimum atomic E-state index is -1.16. The highest BCUT2D eigenvalue weighted by Crippen LogP contribution is 2.31. The number of carbonyl (C=O) groups is 2. The fourth-order valence-electron chi connectivity index (χ4n) is 1.78. The minimum absolute atomic E-state index is 0.0367. The van der Waals surface area contributed by atoms with Crippen molar-refractivity contribution in [1.29, 1.82) is 5.26 Å². The lowest BCUT2D eigenvalue weighted by Crippen LogP contribution is -2.30. The molecule has 0 aliphatic rings. The number of carbonyl (C=O) groups excluding carboxylic acids is 2. The fourth-order valence-corrected chi connectivity index (χ4v) is 2.34. The molecule has 1 aromatic carbocycles. The van der Waals surface area contributed by atoms with Gasteiger partial charge in [-0.1, -0.05) is 46.9 Å². The van der Waals surface area contributed by atoms with E-state index in [4.69, 9.17) is 44.8 Å². The Hall–Kier alpha value is -2.33. The number of halogens is 3. The van der Waals surface area contributed by atoms with Crippen molar-refractivity contribution in [3.05, 3.63) is 56.8 Å². The average Bonchev–Trinajstić information content (AvgIpc) is 2.60. The molecule has 1 aromatic heterocycles. The first-order chi connectivity index (χ1) is 11.8. The fraction of sp³-hybridized carbons (Fsp3) is 0.125. The number of anilines is 1. The predicted octanol–water partition coefficient (Wildman–Crippen LogP) is 4.10. The van der Waals surface area contributed by atoms with Crippen LogP contribution in [0.3, 0.4) is 0 Å². The Kier molecular flexibility index (Phi) is 6.21. The van der Waals surface area contributed by atoms with Crippen LogP contribution in [0.15, 0.2) is 30.5 Å². The highest BCUT2D eigenvalue weighted by Gasteiger charge is 2.24. The van der Waals surface area contributed by atoms with Crippen LogP contribution in [0.1, 0.15) is 23.0 Å². The van der Waals surface area contributed by atoms with Crippen molar-refractivity contribution in [3.63, 3.8) is 0 Å². The molecule has 1 heterocycles. The molecule has 0 spiro atoms. The Morgan fingerprint density at radius 2 is 1.92 bits per heavy atom. The number of para-hydroxylation sites is 1. The molecule has 9 heteroatoms. The average molecular weight is 399 g/mol. The predicted molar refractivity (Wildman–Crippen MR) is 93.9 cm³/mol. The van der Waals surface area contributed by atoms with Gasteiger partial charge in [0.25, 0.3) is 5.91 Å². The summed E-state index contributed by atoms with van der Waals surface area (Å²) in [4.78, 5) is 28.0. The molecule has 2 rings (SSSR count). The van der Waals surface area contributed by atoms with E-state index in [0.29, 0.717) is 5.69 Å². The second kappa shape index (κ2) is 8.17. The monoisotopic (exact) mass is 397 g/mol. The molecule has 0 saturated carbocycles. The van der Waals surface area contributed by atoms with Crippen molar-refractivity contribution in [2.24, 2.45) is 0 Å². The molecule has 1 N–H and O–H groups in total. The highest BCUT2D eigenvalue weighted by atomic mass is 35.5. The van der Waals surface area contributed by atoms with Crippen molar-refractivity contribution >= 4 is 52.4 Å². The summed E-state index contributed by atoms with van der Waals surface area (Å²) in [7, 11) is 0. The summed E-state index contributed by atoms with van der Waals surface area (Å²) in [6.07, 6.45) is -0.00754. The number of amides is 1. The Morgan fingerprint density at radius 1 is 1.24 bits per heavy atom. The third kappa shape index (κ3) is 4.40. The van der Waals surface area contributed by atoms with Gasteiger partial charge in [0, 0.05) is 6.20 Å². The molecular weight excluding hydrogens is 389 g/mol. The van der Waals surface area contributed by atoms with Crippen LogP contribution < -0.4 is 5.32 Å². The van der Waals surface area contributed by atoms with Gasteiger partial charge in [0.05, 0.1) is 26.3 Å². The number of benzene rings is 1. The molecular formula is C16H10Cl3N3O3. The first kappa shape index (κ1) is 19.0. The molecule has 128 valence electrons. The maximum absolute atomic E-state index is 12.2. The molecule has 0 unspecified atom stereocenters. The van der Waals surface area contributed by atoms with E-state index < -0.39 is 18.0 Å². The lowest BCUT2D eigenvalue weighted by molar-refractivity contribution is -0.123. The van der Waals surface area contributed by atoms with Crippen molar-refractivity contribution < 1.29 is 14.3 Å². The summed E-state index contributed by atoms with van der Waals surface area (Å²) in [6.45, 7) is 1.37. The largest absolute Gasteiger partial charge is 0.448 e. The Bertz CT molecular complexity index is 881. The second-order valence-corrected chi connectivity index (χ2v) is 5.94. The molecule has 6 nitrogen and oxygen atoms in total. The number of rotatable bonds is 4. The van der Waals surface area contributed by atoms with Gasteiger partial charge in [-0.3, -0.25) is 4.79 Å². The van der Waals surface area contributed by atoms with Gasteiger partial charge in [0.1, 0.15) is 6.07 Å². The first-order valence-corrected chi connectivity index (χ1v) is 7.99. The van der Waals surface area contributed by atoms with Gasteiger partial charge in [-0.25, -0.2) is 9.78 Å². The SMILES string of the molecule is C[C@@H](OC(=O)c1ncc(Cl)c(Cl)c1Cl)C(=O)Nc1ccccc1C#N. The summed E-state index contributed by atoms with van der Waals surface area (Å²) in [5.41, 5.74) is 0.334. The van der Waals surface area contributed by atoms with Crippen LogP contribution in [-0.2, 0) is 9.53 Å². The van der Waals surface area contributed by atoms with E-state index in [9.17, 15) is 9.59 Å². The van der Waals surface area contributed by atoms with Crippen LogP contribution in [0.25, 0.3) is 0 Å². The Morgan fingerprint density at radius 3 is 2.60 bits per heavy atom. The zero-order valence-corrected chi connectivity index (χ0v) is 15.0. The van der Waals surface area contributed by atoms with Crippen LogP contribution in [0.2, 0.25) is 15.1 Å². The quantitative estimate of drug-likeness (QED) is 0.783. The summed E-state index contributed by atoms with van der Waals surface area (Å²) in [5.74, 6) is -1.55. The van der Waals surface area contributed by atoms with Crippen molar-refractivity contribution in [2.45, 2.75) is 13.0 Å². The highest BCUT2D eigenvalue weighted by molar-refractivity contribution is 6.48. The molecule has 0 bridgehead atoms. The van der Waals surface area contributed by atoms with Crippen LogP contribution in [-0.4, -0.2) is 23.0 Å².